The first-order chi connectivity index (χ1) is 5.04. The van der Waals surface area contributed by atoms with E-state index >= 15 is 0 Å². The van der Waals surface area contributed by atoms with Crippen molar-refractivity contribution in [1.82, 2.24) is 4.90 Å². The number of guanidine groups is 1. The van der Waals surface area contributed by atoms with Gasteiger partial charge in [-0.25, -0.2) is 0 Å². The number of aliphatic carboxylic acids is 1. The van der Waals surface area contributed by atoms with E-state index in [9.17, 15) is 4.79 Å². The molecule has 0 saturated carbocycles. The normalized spacial score (nSPS) is 29.4. The molecule has 62 valence electrons. The summed E-state index contributed by atoms with van der Waals surface area (Å²) < 4.78 is 0. The van der Waals surface area contributed by atoms with Crippen molar-refractivity contribution < 1.29 is 9.90 Å². The van der Waals surface area contributed by atoms with E-state index in [1.54, 1.807) is 11.8 Å². The van der Waals surface area contributed by atoms with Crippen molar-refractivity contribution >= 4 is 11.9 Å². The number of carboxylic acids is 1. The fourth-order valence-corrected chi connectivity index (χ4v) is 1.21. The predicted octanol–water partition coefficient (Wildman–Crippen LogP) is -0.715. The molecule has 0 radical (unpaired) electrons. The summed E-state index contributed by atoms with van der Waals surface area (Å²) in [4.78, 5) is 12.0. The molecule has 5 nitrogen and oxygen atoms in total. The molecule has 1 aliphatic heterocycles. The van der Waals surface area contributed by atoms with Crippen LogP contribution in [0.2, 0.25) is 0 Å². The second-order valence-electron chi connectivity index (χ2n) is 2.72. The molecule has 5 heteroatoms. The Morgan fingerprint density at radius 1 is 1.82 bits per heavy atom. The highest BCUT2D eigenvalue weighted by Crippen LogP contribution is 2.23. The zero-order chi connectivity index (χ0) is 8.59. The average molecular weight is 157 g/mol. The number of nitrogens with one attached hydrogen (secondary N) is 1. The molecule has 1 aliphatic rings. The zero-order valence-electron chi connectivity index (χ0n) is 6.24. The lowest BCUT2D eigenvalue weighted by Gasteiger charge is -2.44. The SMILES string of the molecule is C[C@H]1C(C(=O)O)CN1C(=N)N. The average Bonchev–Trinajstić information content (AvgIpc) is 1.82. The van der Waals surface area contributed by atoms with Gasteiger partial charge < -0.3 is 15.7 Å². The summed E-state index contributed by atoms with van der Waals surface area (Å²) in [7, 11) is 0. The minimum atomic E-state index is -0.810. The van der Waals surface area contributed by atoms with Gasteiger partial charge in [0.1, 0.15) is 0 Å². The van der Waals surface area contributed by atoms with Gasteiger partial charge >= 0.3 is 5.97 Å². The van der Waals surface area contributed by atoms with Gasteiger partial charge in [-0.05, 0) is 6.92 Å². The van der Waals surface area contributed by atoms with E-state index in [0.717, 1.165) is 0 Å². The maximum atomic E-state index is 10.4. The Hall–Kier alpha value is -1.26. The lowest BCUT2D eigenvalue weighted by Crippen LogP contribution is -2.61. The van der Waals surface area contributed by atoms with Crippen LogP contribution >= 0.6 is 0 Å². The Morgan fingerprint density at radius 3 is 2.64 bits per heavy atom. The van der Waals surface area contributed by atoms with Gasteiger partial charge in [0.2, 0.25) is 0 Å². The summed E-state index contributed by atoms with van der Waals surface area (Å²) in [6.45, 7) is 2.12. The summed E-state index contributed by atoms with van der Waals surface area (Å²) in [6.07, 6.45) is 0. The summed E-state index contributed by atoms with van der Waals surface area (Å²) in [5, 5.41) is 15.6. The van der Waals surface area contributed by atoms with Crippen LogP contribution in [0.3, 0.4) is 0 Å². The number of nitrogens with two attached hydrogens (primary N) is 1. The van der Waals surface area contributed by atoms with E-state index in [1.807, 2.05) is 0 Å². The Morgan fingerprint density at radius 2 is 2.36 bits per heavy atom. The fraction of sp³-hybridized carbons (Fsp3) is 0.667. The van der Waals surface area contributed by atoms with E-state index < -0.39 is 5.97 Å². The predicted molar refractivity (Wildman–Crippen MR) is 39.2 cm³/mol. The van der Waals surface area contributed by atoms with Gasteiger partial charge in [-0.3, -0.25) is 10.2 Å². The zero-order valence-corrected chi connectivity index (χ0v) is 6.24. The van der Waals surface area contributed by atoms with E-state index in [1.165, 1.54) is 0 Å². The van der Waals surface area contributed by atoms with Gasteiger partial charge in [0.15, 0.2) is 5.96 Å². The molecular formula is C6H11N3O2. The Kier molecular flexibility index (Phi) is 1.72. The van der Waals surface area contributed by atoms with E-state index in [0.29, 0.717) is 6.54 Å². The molecule has 0 aromatic rings. The lowest BCUT2D eigenvalue weighted by molar-refractivity contribution is -0.148. The monoisotopic (exact) mass is 157 g/mol. The summed E-state index contributed by atoms with van der Waals surface area (Å²) >= 11 is 0. The van der Waals surface area contributed by atoms with Crippen LogP contribution in [-0.4, -0.2) is 34.5 Å². The molecule has 11 heavy (non-hydrogen) atoms. The van der Waals surface area contributed by atoms with Crippen molar-refractivity contribution in [2.45, 2.75) is 13.0 Å². The van der Waals surface area contributed by atoms with E-state index in [2.05, 4.69) is 0 Å². The lowest BCUT2D eigenvalue weighted by atomic mass is 9.90. The first-order valence-corrected chi connectivity index (χ1v) is 3.37. The van der Waals surface area contributed by atoms with E-state index in [-0.39, 0.29) is 17.9 Å². The van der Waals surface area contributed by atoms with Crippen LogP contribution in [0.1, 0.15) is 6.92 Å². The van der Waals surface area contributed by atoms with Crippen molar-refractivity contribution in [3.05, 3.63) is 0 Å². The minimum Gasteiger partial charge on any atom is -0.481 e. The number of hydrogen-bond donors (Lipinski definition) is 3. The Bertz CT molecular complexity index is 184. The molecule has 1 fully saturated rings. The third-order valence-corrected chi connectivity index (χ3v) is 2.09. The molecular weight excluding hydrogens is 146 g/mol. The maximum absolute atomic E-state index is 10.4. The molecule has 0 aromatic heterocycles. The van der Waals surface area contributed by atoms with Crippen LogP contribution in [0, 0.1) is 11.3 Å². The molecule has 0 spiro atoms. The van der Waals surface area contributed by atoms with Crippen molar-refractivity contribution in [3.8, 4) is 0 Å². The van der Waals surface area contributed by atoms with Crippen LogP contribution in [0.5, 0.6) is 0 Å². The van der Waals surface area contributed by atoms with Gasteiger partial charge in [0.05, 0.1) is 5.92 Å². The van der Waals surface area contributed by atoms with Crippen LogP contribution in [0.4, 0.5) is 0 Å². The highest BCUT2D eigenvalue weighted by molar-refractivity contribution is 5.80. The van der Waals surface area contributed by atoms with E-state index in [4.69, 9.17) is 16.2 Å². The highest BCUT2D eigenvalue weighted by Gasteiger charge is 2.41. The quantitative estimate of drug-likeness (QED) is 0.346. The largest absolute Gasteiger partial charge is 0.481 e. The Balaban J connectivity index is 2.50. The summed E-state index contributed by atoms with van der Waals surface area (Å²) in [6, 6.07) is -0.134. The van der Waals surface area contributed by atoms with Crippen molar-refractivity contribution in [1.29, 1.82) is 5.41 Å². The molecule has 4 N–H and O–H groups in total. The number of carboxylic acid groups (broad SMARTS) is 1. The van der Waals surface area contributed by atoms with Gasteiger partial charge in [-0.15, -0.1) is 0 Å². The smallest absolute Gasteiger partial charge is 0.310 e. The van der Waals surface area contributed by atoms with Crippen molar-refractivity contribution in [2.24, 2.45) is 11.7 Å². The number of nitrogens with zero attached hydrogens (tertiary/aromatic N) is 1. The molecule has 1 rings (SSSR count). The second-order valence-corrected chi connectivity index (χ2v) is 2.72. The molecule has 2 atom stereocenters. The van der Waals surface area contributed by atoms with Crippen LogP contribution < -0.4 is 5.73 Å². The van der Waals surface area contributed by atoms with Crippen molar-refractivity contribution in [2.75, 3.05) is 6.54 Å². The third kappa shape index (κ3) is 1.13. The maximum Gasteiger partial charge on any atom is 0.310 e. The summed E-state index contributed by atoms with van der Waals surface area (Å²) in [5.41, 5.74) is 5.17. The standard InChI is InChI=1S/C6H11N3O2/c1-3-4(5(10)11)2-9(3)6(7)8/h3-4H,2H2,1H3,(H3,7,8)(H,10,11)/t3-,4?/m0/s1. The third-order valence-electron chi connectivity index (χ3n) is 2.09. The first-order valence-electron chi connectivity index (χ1n) is 3.37. The number of likely N-dealkylation sites (tertiary alicyclic amines) is 1. The number of hydrogen-bond acceptors (Lipinski definition) is 2. The summed E-state index contributed by atoms with van der Waals surface area (Å²) in [5.74, 6) is -1.22. The van der Waals surface area contributed by atoms with Crippen molar-refractivity contribution in [3.63, 3.8) is 0 Å². The highest BCUT2D eigenvalue weighted by atomic mass is 16.4. The van der Waals surface area contributed by atoms with Gasteiger partial charge in [-0.2, -0.15) is 0 Å². The van der Waals surface area contributed by atoms with Crippen LogP contribution in [0.15, 0.2) is 0 Å². The molecule has 0 amide bonds. The number of rotatable bonds is 1. The molecule has 1 heterocycles. The second kappa shape index (κ2) is 2.41. The minimum absolute atomic E-state index is 0.0463. The van der Waals surface area contributed by atoms with Gasteiger partial charge in [-0.1, -0.05) is 0 Å². The van der Waals surface area contributed by atoms with Gasteiger partial charge in [0.25, 0.3) is 0 Å². The molecule has 0 aromatic carbocycles. The topological polar surface area (TPSA) is 90.4 Å². The van der Waals surface area contributed by atoms with Crippen LogP contribution in [0.25, 0.3) is 0 Å². The fourth-order valence-electron chi connectivity index (χ4n) is 1.21. The number of carbonyl (C=O) groups is 1. The molecule has 0 bridgehead atoms. The molecule has 1 unspecified atom stereocenters. The molecule has 1 saturated heterocycles. The first kappa shape index (κ1) is 7.84. The Labute approximate surface area is 64.3 Å². The van der Waals surface area contributed by atoms with Gasteiger partial charge in [0, 0.05) is 12.6 Å². The molecule has 0 aliphatic carbocycles. The van der Waals surface area contributed by atoms with Crippen LogP contribution in [-0.2, 0) is 4.79 Å².